The largest absolute Gasteiger partial charge is 0.347 e. The molecule has 0 saturated heterocycles. The Kier molecular flexibility index (Phi) is 3.16. The first-order valence-corrected chi connectivity index (χ1v) is 7.04. The van der Waals surface area contributed by atoms with Crippen LogP contribution in [0.3, 0.4) is 0 Å². The fourth-order valence-corrected chi connectivity index (χ4v) is 2.29. The highest BCUT2D eigenvalue weighted by atomic mass is 16.2. The Balaban J connectivity index is 1.56. The molecule has 0 radical (unpaired) electrons. The second-order valence-electron chi connectivity index (χ2n) is 5.04. The van der Waals surface area contributed by atoms with Gasteiger partial charge in [0.1, 0.15) is 12.7 Å². The zero-order valence-corrected chi connectivity index (χ0v) is 12.2. The zero-order valence-electron chi connectivity index (χ0n) is 12.2. The van der Waals surface area contributed by atoms with Gasteiger partial charge in [-0.05, 0) is 36.4 Å². The molecule has 4 rings (SSSR count). The highest BCUT2D eigenvalue weighted by Gasteiger charge is 2.09. The minimum Gasteiger partial charge on any atom is -0.322 e. The van der Waals surface area contributed by atoms with Gasteiger partial charge in [-0.15, -0.1) is 10.2 Å². The first kappa shape index (κ1) is 13.9. The Morgan fingerprint density at radius 2 is 1.79 bits per heavy atom. The highest BCUT2D eigenvalue weighted by molar-refractivity contribution is 6.04. The van der Waals surface area contributed by atoms with Crippen molar-refractivity contribution in [3.8, 4) is 5.69 Å². The number of aromatic nitrogens is 6. The number of pyridine rings is 1. The van der Waals surface area contributed by atoms with Gasteiger partial charge < -0.3 is 5.32 Å². The minimum absolute atomic E-state index is 0.318. The molecule has 4 aromatic rings. The van der Waals surface area contributed by atoms with Gasteiger partial charge >= 0.3 is 5.69 Å². The van der Waals surface area contributed by atoms with Crippen LogP contribution in [0.15, 0.2) is 60.0 Å². The number of rotatable bonds is 3. The molecule has 118 valence electrons. The predicted molar refractivity (Wildman–Crippen MR) is 85.1 cm³/mol. The van der Waals surface area contributed by atoms with Gasteiger partial charge in [0.25, 0.3) is 5.91 Å². The van der Waals surface area contributed by atoms with Crippen LogP contribution in [-0.2, 0) is 0 Å². The summed E-state index contributed by atoms with van der Waals surface area (Å²) in [6.45, 7) is 0. The number of carbonyl (C=O) groups excluding carboxylic acids is 1. The van der Waals surface area contributed by atoms with E-state index in [1.54, 1.807) is 41.5 Å². The summed E-state index contributed by atoms with van der Waals surface area (Å²) in [6.07, 6.45) is 4.62. The van der Waals surface area contributed by atoms with Crippen LogP contribution in [-0.4, -0.2) is 35.3 Å². The molecular formula is C15H11N7O2. The number of hydrogen-bond acceptors (Lipinski definition) is 5. The summed E-state index contributed by atoms with van der Waals surface area (Å²) < 4.78 is 3.04. The average molecular weight is 321 g/mol. The van der Waals surface area contributed by atoms with E-state index in [0.29, 0.717) is 16.9 Å². The summed E-state index contributed by atoms with van der Waals surface area (Å²) in [6, 6.07) is 10.4. The maximum atomic E-state index is 12.3. The lowest BCUT2D eigenvalue weighted by atomic mass is 10.2. The first-order chi connectivity index (χ1) is 11.7. The SMILES string of the molecule is O=C(Nc1ccc(-n2cnnc2)cc1)c1ccc2n[nH]c(=O)n2c1. The van der Waals surface area contributed by atoms with Crippen molar-refractivity contribution >= 4 is 17.2 Å². The molecule has 9 heteroatoms. The van der Waals surface area contributed by atoms with Gasteiger partial charge in [0.05, 0.1) is 5.56 Å². The number of amides is 1. The molecule has 1 aromatic carbocycles. The lowest BCUT2D eigenvalue weighted by Gasteiger charge is -2.07. The van der Waals surface area contributed by atoms with Gasteiger partial charge in [-0.2, -0.15) is 5.10 Å². The van der Waals surface area contributed by atoms with E-state index >= 15 is 0 Å². The number of anilines is 1. The Hall–Kier alpha value is -3.75. The van der Waals surface area contributed by atoms with E-state index < -0.39 is 5.69 Å². The van der Waals surface area contributed by atoms with E-state index in [4.69, 9.17) is 0 Å². The molecule has 0 unspecified atom stereocenters. The fourth-order valence-electron chi connectivity index (χ4n) is 2.29. The summed E-state index contributed by atoms with van der Waals surface area (Å²) in [5, 5.41) is 16.4. The van der Waals surface area contributed by atoms with E-state index in [2.05, 4.69) is 25.7 Å². The van der Waals surface area contributed by atoms with Crippen LogP contribution in [0.25, 0.3) is 11.3 Å². The Morgan fingerprint density at radius 1 is 1.04 bits per heavy atom. The molecule has 0 aliphatic carbocycles. The molecular weight excluding hydrogens is 310 g/mol. The third-order valence-electron chi connectivity index (χ3n) is 3.52. The van der Waals surface area contributed by atoms with Gasteiger partial charge in [-0.3, -0.25) is 9.36 Å². The number of carbonyl (C=O) groups is 1. The Bertz CT molecular complexity index is 1060. The Morgan fingerprint density at radius 3 is 2.54 bits per heavy atom. The van der Waals surface area contributed by atoms with E-state index in [1.165, 1.54) is 10.6 Å². The van der Waals surface area contributed by atoms with Crippen LogP contribution in [0.1, 0.15) is 10.4 Å². The van der Waals surface area contributed by atoms with Crippen molar-refractivity contribution in [1.82, 2.24) is 29.4 Å². The van der Waals surface area contributed by atoms with Gasteiger partial charge in [0.15, 0.2) is 5.65 Å². The molecule has 9 nitrogen and oxygen atoms in total. The lowest BCUT2D eigenvalue weighted by Crippen LogP contribution is -2.15. The quantitative estimate of drug-likeness (QED) is 0.581. The molecule has 24 heavy (non-hydrogen) atoms. The number of hydrogen-bond donors (Lipinski definition) is 2. The topological polar surface area (TPSA) is 110 Å². The van der Waals surface area contributed by atoms with Crippen molar-refractivity contribution in [2.24, 2.45) is 0 Å². The van der Waals surface area contributed by atoms with Crippen LogP contribution < -0.4 is 11.0 Å². The van der Waals surface area contributed by atoms with E-state index in [9.17, 15) is 9.59 Å². The normalized spacial score (nSPS) is 10.8. The van der Waals surface area contributed by atoms with Crippen molar-refractivity contribution in [3.63, 3.8) is 0 Å². The number of nitrogens with zero attached hydrogens (tertiary/aromatic N) is 5. The summed E-state index contributed by atoms with van der Waals surface area (Å²) in [5.41, 5.74) is 1.93. The van der Waals surface area contributed by atoms with Gasteiger partial charge in [-0.1, -0.05) is 0 Å². The van der Waals surface area contributed by atoms with Crippen molar-refractivity contribution in [3.05, 3.63) is 71.3 Å². The average Bonchev–Trinajstić information content (AvgIpc) is 3.26. The first-order valence-electron chi connectivity index (χ1n) is 7.04. The van der Waals surface area contributed by atoms with Gasteiger partial charge in [0, 0.05) is 17.6 Å². The third kappa shape index (κ3) is 2.43. The highest BCUT2D eigenvalue weighted by Crippen LogP contribution is 2.14. The van der Waals surface area contributed by atoms with Crippen LogP contribution in [0.2, 0.25) is 0 Å². The molecule has 0 bridgehead atoms. The summed E-state index contributed by atoms with van der Waals surface area (Å²) in [5.74, 6) is -0.318. The number of benzene rings is 1. The molecule has 0 aliphatic heterocycles. The molecule has 0 atom stereocenters. The molecule has 0 aliphatic rings. The lowest BCUT2D eigenvalue weighted by molar-refractivity contribution is 0.102. The van der Waals surface area contributed by atoms with Crippen molar-refractivity contribution in [1.29, 1.82) is 0 Å². The van der Waals surface area contributed by atoms with E-state index in [1.807, 2.05) is 12.1 Å². The summed E-state index contributed by atoms with van der Waals surface area (Å²) in [7, 11) is 0. The van der Waals surface area contributed by atoms with Crippen molar-refractivity contribution < 1.29 is 4.79 Å². The van der Waals surface area contributed by atoms with Crippen molar-refractivity contribution in [2.75, 3.05) is 5.32 Å². The third-order valence-corrected chi connectivity index (χ3v) is 3.52. The standard InChI is InChI=1S/C15H11N7O2/c23-14(10-1-6-13-19-20-15(24)22(13)7-10)18-11-2-4-12(5-3-11)21-8-16-17-9-21/h1-9H,(H,18,23)(H,20,24). The molecule has 3 aromatic heterocycles. The van der Waals surface area contributed by atoms with Crippen LogP contribution >= 0.6 is 0 Å². The van der Waals surface area contributed by atoms with Crippen LogP contribution in [0.5, 0.6) is 0 Å². The molecule has 3 heterocycles. The van der Waals surface area contributed by atoms with E-state index in [-0.39, 0.29) is 5.91 Å². The monoisotopic (exact) mass is 321 g/mol. The summed E-state index contributed by atoms with van der Waals surface area (Å²) >= 11 is 0. The van der Waals surface area contributed by atoms with Crippen LogP contribution in [0.4, 0.5) is 5.69 Å². The zero-order chi connectivity index (χ0) is 16.5. The fraction of sp³-hybridized carbons (Fsp3) is 0. The number of aromatic amines is 1. The Labute approximate surface area is 134 Å². The van der Waals surface area contributed by atoms with Crippen molar-refractivity contribution in [2.45, 2.75) is 0 Å². The number of fused-ring (bicyclic) bond motifs is 1. The maximum absolute atomic E-state index is 12.3. The molecule has 0 spiro atoms. The molecule has 1 amide bonds. The number of nitrogens with one attached hydrogen (secondary N) is 2. The molecule has 2 N–H and O–H groups in total. The van der Waals surface area contributed by atoms with Crippen LogP contribution in [0, 0.1) is 0 Å². The summed E-state index contributed by atoms with van der Waals surface area (Å²) in [4.78, 5) is 23.9. The van der Waals surface area contributed by atoms with E-state index in [0.717, 1.165) is 5.69 Å². The number of H-pyrrole nitrogens is 1. The molecule has 0 saturated carbocycles. The minimum atomic E-state index is -0.391. The predicted octanol–water partition coefficient (Wildman–Crippen LogP) is 0.856. The molecule has 0 fully saturated rings. The second-order valence-corrected chi connectivity index (χ2v) is 5.04. The van der Waals surface area contributed by atoms with Gasteiger partial charge in [0.2, 0.25) is 0 Å². The maximum Gasteiger partial charge on any atom is 0.347 e. The second kappa shape index (κ2) is 5.47. The smallest absolute Gasteiger partial charge is 0.322 e. The van der Waals surface area contributed by atoms with Gasteiger partial charge in [-0.25, -0.2) is 14.3 Å².